The first-order chi connectivity index (χ1) is 9.01. The molecule has 0 aliphatic carbocycles. The SMILES string of the molecule is COC(=O)c1ccc(C)c(Cl)c1OS(=O)(=O)C(Cl)(Cl)Cl. The highest BCUT2D eigenvalue weighted by Gasteiger charge is 2.41. The minimum atomic E-state index is -4.65. The number of rotatable bonds is 3. The summed E-state index contributed by atoms with van der Waals surface area (Å²) in [7, 11) is -3.54. The summed E-state index contributed by atoms with van der Waals surface area (Å²) in [5.74, 6) is -1.30. The maximum atomic E-state index is 11.7. The van der Waals surface area contributed by atoms with Crippen LogP contribution in [0.3, 0.4) is 0 Å². The molecule has 0 saturated carbocycles. The van der Waals surface area contributed by atoms with Crippen LogP contribution in [0.1, 0.15) is 15.9 Å². The smallest absolute Gasteiger partial charge is 0.359 e. The van der Waals surface area contributed by atoms with Crippen molar-refractivity contribution in [2.24, 2.45) is 0 Å². The molecule has 0 spiro atoms. The molecule has 0 aromatic heterocycles. The van der Waals surface area contributed by atoms with Crippen LogP contribution in [0.15, 0.2) is 12.1 Å². The van der Waals surface area contributed by atoms with Gasteiger partial charge in [0.05, 0.1) is 12.1 Å². The highest BCUT2D eigenvalue weighted by atomic mass is 35.6. The number of methoxy groups -OCH3 is 1. The Hall–Kier alpha value is -0.400. The van der Waals surface area contributed by atoms with Gasteiger partial charge in [-0.15, -0.1) is 0 Å². The fourth-order valence-corrected chi connectivity index (χ4v) is 2.18. The van der Waals surface area contributed by atoms with E-state index in [1.807, 2.05) is 0 Å². The van der Waals surface area contributed by atoms with Crippen molar-refractivity contribution in [2.45, 2.75) is 10.0 Å². The Morgan fingerprint density at radius 1 is 1.25 bits per heavy atom. The molecule has 5 nitrogen and oxygen atoms in total. The van der Waals surface area contributed by atoms with Gasteiger partial charge in [0.15, 0.2) is 5.75 Å². The lowest BCUT2D eigenvalue weighted by atomic mass is 10.1. The molecule has 0 N–H and O–H groups in total. The van der Waals surface area contributed by atoms with E-state index in [2.05, 4.69) is 8.92 Å². The molecule has 1 rings (SSSR count). The van der Waals surface area contributed by atoms with Crippen LogP contribution in [0.5, 0.6) is 5.75 Å². The van der Waals surface area contributed by atoms with Crippen molar-refractivity contribution in [3.05, 3.63) is 28.3 Å². The Labute approximate surface area is 135 Å². The van der Waals surface area contributed by atoms with Gasteiger partial charge in [-0.2, -0.15) is 8.42 Å². The summed E-state index contributed by atoms with van der Waals surface area (Å²) in [5.41, 5.74) is 0.259. The Bertz CT molecular complexity index is 636. The van der Waals surface area contributed by atoms with Gasteiger partial charge in [-0.3, -0.25) is 0 Å². The molecule has 10 heteroatoms. The molecule has 0 amide bonds. The van der Waals surface area contributed by atoms with Gasteiger partial charge >= 0.3 is 19.2 Å². The Morgan fingerprint density at radius 2 is 1.80 bits per heavy atom. The number of esters is 1. The summed E-state index contributed by atoms with van der Waals surface area (Å²) < 4.78 is 29.9. The highest BCUT2D eigenvalue weighted by molar-refractivity contribution is 7.93. The van der Waals surface area contributed by atoms with Crippen molar-refractivity contribution < 1.29 is 22.1 Å². The maximum absolute atomic E-state index is 11.7. The molecule has 1 aromatic rings. The zero-order valence-corrected chi connectivity index (χ0v) is 14.0. The molecule has 0 fully saturated rings. The molecule has 0 aliphatic rings. The molecule has 0 bridgehead atoms. The van der Waals surface area contributed by atoms with Gasteiger partial charge in [0.25, 0.3) is 0 Å². The lowest BCUT2D eigenvalue weighted by Crippen LogP contribution is -2.26. The number of carbonyl (C=O) groups is 1. The monoisotopic (exact) mass is 380 g/mol. The van der Waals surface area contributed by atoms with Crippen molar-refractivity contribution in [3.8, 4) is 5.75 Å². The van der Waals surface area contributed by atoms with Crippen LogP contribution in [-0.4, -0.2) is 24.6 Å². The molecule has 20 heavy (non-hydrogen) atoms. The summed E-state index contributed by atoms with van der Waals surface area (Å²) in [6, 6.07) is 2.78. The van der Waals surface area contributed by atoms with E-state index in [1.165, 1.54) is 12.1 Å². The van der Waals surface area contributed by atoms with Gasteiger partial charge in [-0.25, -0.2) is 4.79 Å². The molecule has 0 heterocycles. The number of hydrogen-bond donors (Lipinski definition) is 0. The van der Waals surface area contributed by atoms with Crippen molar-refractivity contribution in [2.75, 3.05) is 7.11 Å². The predicted molar refractivity (Wildman–Crippen MR) is 77.4 cm³/mol. The molecule has 0 aliphatic heterocycles. The van der Waals surface area contributed by atoms with Gasteiger partial charge in [-0.1, -0.05) is 52.5 Å². The zero-order valence-electron chi connectivity index (χ0n) is 10.1. The second kappa shape index (κ2) is 6.15. The highest BCUT2D eigenvalue weighted by Crippen LogP contribution is 2.39. The lowest BCUT2D eigenvalue weighted by molar-refractivity contribution is 0.0599. The van der Waals surface area contributed by atoms with Crippen LogP contribution >= 0.6 is 46.4 Å². The minimum absolute atomic E-state index is 0.106. The van der Waals surface area contributed by atoms with E-state index in [0.717, 1.165) is 7.11 Å². The Kier molecular flexibility index (Phi) is 5.43. The number of carbonyl (C=O) groups excluding carboxylic acids is 1. The van der Waals surface area contributed by atoms with Crippen molar-refractivity contribution in [1.29, 1.82) is 0 Å². The second-order valence-electron chi connectivity index (χ2n) is 3.55. The van der Waals surface area contributed by atoms with E-state index in [0.29, 0.717) is 5.56 Å². The minimum Gasteiger partial charge on any atom is -0.465 e. The standard InChI is InChI=1S/C10H8Cl4O5S/c1-5-3-4-6(9(15)18-2)8(7(5)11)19-20(16,17)10(12,13)14/h3-4H,1-2H3. The average molecular weight is 382 g/mol. The first-order valence-corrected chi connectivity index (χ1v) is 7.81. The molecule has 1 aromatic carbocycles. The summed E-state index contributed by atoms with van der Waals surface area (Å²) >= 11 is 21.8. The largest absolute Gasteiger partial charge is 0.465 e. The van der Waals surface area contributed by atoms with Crippen LogP contribution in [0.2, 0.25) is 5.02 Å². The van der Waals surface area contributed by atoms with E-state index in [4.69, 9.17) is 46.4 Å². The molecule has 0 atom stereocenters. The van der Waals surface area contributed by atoms with Crippen molar-refractivity contribution in [3.63, 3.8) is 0 Å². The Balaban J connectivity index is 3.44. The summed E-state index contributed by atoms with van der Waals surface area (Å²) in [6.45, 7) is 1.58. The number of hydrogen-bond acceptors (Lipinski definition) is 5. The number of halogens is 4. The second-order valence-corrected chi connectivity index (χ2v) is 8.57. The van der Waals surface area contributed by atoms with Gasteiger partial charge < -0.3 is 8.92 Å². The summed E-state index contributed by atoms with van der Waals surface area (Å²) in [6.07, 6.45) is 0. The van der Waals surface area contributed by atoms with Crippen molar-refractivity contribution >= 4 is 62.5 Å². The van der Waals surface area contributed by atoms with Crippen LogP contribution < -0.4 is 4.18 Å². The van der Waals surface area contributed by atoms with Crippen LogP contribution in [0.25, 0.3) is 0 Å². The predicted octanol–water partition coefficient (Wildman–Crippen LogP) is 3.47. The first-order valence-electron chi connectivity index (χ1n) is 4.89. The summed E-state index contributed by atoms with van der Waals surface area (Å²) in [4.78, 5) is 11.6. The topological polar surface area (TPSA) is 69.7 Å². The molecular weight excluding hydrogens is 374 g/mol. The number of aryl methyl sites for hydroxylation is 1. The van der Waals surface area contributed by atoms with Gasteiger partial charge in [-0.05, 0) is 18.6 Å². The maximum Gasteiger partial charge on any atom is 0.359 e. The van der Waals surface area contributed by atoms with E-state index in [-0.39, 0.29) is 10.6 Å². The van der Waals surface area contributed by atoms with E-state index in [1.54, 1.807) is 6.92 Å². The zero-order chi connectivity index (χ0) is 15.7. The third-order valence-electron chi connectivity index (χ3n) is 2.17. The van der Waals surface area contributed by atoms with Crippen LogP contribution in [0.4, 0.5) is 0 Å². The van der Waals surface area contributed by atoms with Gasteiger partial charge in [0.2, 0.25) is 0 Å². The van der Waals surface area contributed by atoms with Gasteiger partial charge in [0.1, 0.15) is 5.56 Å². The molecule has 0 unspecified atom stereocenters. The molecule has 0 saturated heterocycles. The van der Waals surface area contributed by atoms with E-state index < -0.39 is 25.0 Å². The molecule has 0 radical (unpaired) electrons. The number of benzene rings is 1. The first kappa shape index (κ1) is 17.7. The summed E-state index contributed by atoms with van der Waals surface area (Å²) in [5, 5.41) is -0.106. The number of ether oxygens (including phenoxy) is 1. The van der Waals surface area contributed by atoms with Crippen molar-refractivity contribution in [1.82, 2.24) is 0 Å². The average Bonchev–Trinajstić information content (AvgIpc) is 2.33. The van der Waals surface area contributed by atoms with Gasteiger partial charge in [0, 0.05) is 0 Å². The van der Waals surface area contributed by atoms with E-state index in [9.17, 15) is 13.2 Å². The third kappa shape index (κ3) is 3.62. The lowest BCUT2D eigenvalue weighted by Gasteiger charge is -2.16. The van der Waals surface area contributed by atoms with Crippen LogP contribution in [-0.2, 0) is 14.9 Å². The third-order valence-corrected chi connectivity index (χ3v) is 5.30. The molecule has 112 valence electrons. The number of alkyl halides is 3. The van der Waals surface area contributed by atoms with E-state index >= 15 is 0 Å². The molecular formula is C10H8Cl4O5S. The fraction of sp³-hybridized carbons (Fsp3) is 0.300. The fourth-order valence-electron chi connectivity index (χ4n) is 1.16. The normalized spacial score (nSPS) is 12.1. The quantitative estimate of drug-likeness (QED) is 0.455. The van der Waals surface area contributed by atoms with Crippen LogP contribution in [0, 0.1) is 6.92 Å². The Morgan fingerprint density at radius 3 is 2.25 bits per heavy atom.